The van der Waals surface area contributed by atoms with Crippen molar-refractivity contribution in [3.8, 4) is 0 Å². The average Bonchev–Trinajstić information content (AvgIpc) is 2.61. The van der Waals surface area contributed by atoms with E-state index in [0.29, 0.717) is 5.57 Å². The van der Waals surface area contributed by atoms with Gasteiger partial charge in [0.05, 0.1) is 6.42 Å². The molecule has 0 saturated carbocycles. The van der Waals surface area contributed by atoms with Crippen LogP contribution in [0.25, 0.3) is 5.57 Å². The fraction of sp³-hybridized carbons (Fsp3) is 0.333. The molecule has 150 valence electrons. The quantitative estimate of drug-likeness (QED) is 0.377. The van der Waals surface area contributed by atoms with Crippen molar-refractivity contribution < 1.29 is 9.90 Å². The van der Waals surface area contributed by atoms with Crippen LogP contribution < -0.4 is 5.32 Å². The molecule has 0 fully saturated rings. The second-order valence-electron chi connectivity index (χ2n) is 6.77. The number of allylic oxidation sites excluding steroid dienone is 6. The molecule has 28 heavy (non-hydrogen) atoms. The number of aliphatic carboxylic acids is 1. The van der Waals surface area contributed by atoms with Gasteiger partial charge in [-0.15, -0.1) is 0 Å². The molecule has 0 saturated heterocycles. The van der Waals surface area contributed by atoms with E-state index < -0.39 is 5.97 Å². The second kappa shape index (κ2) is 11.8. The molecule has 0 aliphatic heterocycles. The number of aryl methyl sites for hydroxylation is 1. The van der Waals surface area contributed by atoms with Gasteiger partial charge in [-0.1, -0.05) is 44.2 Å². The number of carboxylic acid groups (broad SMARTS) is 1. The number of nitrogens with one attached hydrogen (secondary N) is 1. The third kappa shape index (κ3) is 7.39. The second-order valence-corrected chi connectivity index (χ2v) is 6.77. The van der Waals surface area contributed by atoms with Gasteiger partial charge in [0, 0.05) is 24.6 Å². The number of anilines is 1. The van der Waals surface area contributed by atoms with Gasteiger partial charge in [-0.25, -0.2) is 0 Å². The predicted molar refractivity (Wildman–Crippen MR) is 121 cm³/mol. The fourth-order valence-electron chi connectivity index (χ4n) is 2.96. The number of nitrogens with zero attached hydrogens (tertiary/aromatic N) is 1. The molecule has 1 rings (SSSR count). The first-order chi connectivity index (χ1) is 13.3. The van der Waals surface area contributed by atoms with E-state index in [4.69, 9.17) is 5.11 Å². The highest BCUT2D eigenvalue weighted by molar-refractivity contribution is 5.89. The Balaban J connectivity index is 3.32. The SMILES string of the molecule is C=C(CCC)Nc1ccc(C(/C=C\C)=C/C(C)=C(/C=NC)CC(=O)O)c(C)c1. The number of hydrogen-bond acceptors (Lipinski definition) is 3. The maximum Gasteiger partial charge on any atom is 0.307 e. The largest absolute Gasteiger partial charge is 0.481 e. The molecule has 0 heterocycles. The van der Waals surface area contributed by atoms with E-state index in [2.05, 4.69) is 42.9 Å². The van der Waals surface area contributed by atoms with Crippen molar-refractivity contribution in [3.63, 3.8) is 0 Å². The third-order valence-electron chi connectivity index (χ3n) is 4.26. The first kappa shape index (κ1) is 23.2. The van der Waals surface area contributed by atoms with Crippen LogP contribution in [0.15, 0.2) is 64.8 Å². The van der Waals surface area contributed by atoms with Crippen molar-refractivity contribution >= 4 is 23.4 Å². The molecule has 0 bridgehead atoms. The first-order valence-corrected chi connectivity index (χ1v) is 9.56. The normalized spacial score (nSPS) is 13.1. The lowest BCUT2D eigenvalue weighted by molar-refractivity contribution is -0.136. The molecule has 2 N–H and O–H groups in total. The van der Waals surface area contributed by atoms with Crippen LogP contribution in [0.4, 0.5) is 5.69 Å². The van der Waals surface area contributed by atoms with Crippen molar-refractivity contribution in [2.75, 3.05) is 12.4 Å². The van der Waals surface area contributed by atoms with E-state index in [9.17, 15) is 4.79 Å². The van der Waals surface area contributed by atoms with Gasteiger partial charge in [-0.2, -0.15) is 0 Å². The zero-order valence-electron chi connectivity index (χ0n) is 17.7. The minimum absolute atomic E-state index is 0.0514. The number of rotatable bonds is 10. The van der Waals surface area contributed by atoms with E-state index in [1.807, 2.05) is 38.1 Å². The number of hydrogen-bond donors (Lipinski definition) is 2. The first-order valence-electron chi connectivity index (χ1n) is 9.56. The molecular weight excluding hydrogens is 348 g/mol. The van der Waals surface area contributed by atoms with Crippen LogP contribution in [-0.2, 0) is 4.79 Å². The molecule has 0 radical (unpaired) electrons. The van der Waals surface area contributed by atoms with Crippen molar-refractivity contribution in [1.82, 2.24) is 0 Å². The molecular formula is C24H32N2O2. The molecule has 0 aliphatic carbocycles. The minimum atomic E-state index is -0.867. The summed E-state index contributed by atoms with van der Waals surface area (Å²) in [5.74, 6) is -0.867. The molecule has 1 aromatic carbocycles. The highest BCUT2D eigenvalue weighted by atomic mass is 16.4. The molecule has 0 amide bonds. The molecule has 0 unspecified atom stereocenters. The summed E-state index contributed by atoms with van der Waals surface area (Å²) < 4.78 is 0. The van der Waals surface area contributed by atoms with E-state index in [1.165, 1.54) is 0 Å². The highest BCUT2D eigenvalue weighted by Crippen LogP contribution is 2.26. The Hall–Kier alpha value is -2.88. The van der Waals surface area contributed by atoms with Crippen molar-refractivity contribution in [1.29, 1.82) is 0 Å². The number of carbonyl (C=O) groups is 1. The van der Waals surface area contributed by atoms with Crippen molar-refractivity contribution in [2.45, 2.75) is 47.0 Å². The smallest absolute Gasteiger partial charge is 0.307 e. The molecule has 0 aromatic heterocycles. The van der Waals surface area contributed by atoms with E-state index >= 15 is 0 Å². The van der Waals surface area contributed by atoms with Gasteiger partial charge in [0.2, 0.25) is 0 Å². The molecule has 4 heteroatoms. The molecule has 0 aliphatic rings. The Morgan fingerprint density at radius 2 is 2.07 bits per heavy atom. The maximum absolute atomic E-state index is 11.2. The summed E-state index contributed by atoms with van der Waals surface area (Å²) in [6, 6.07) is 6.24. The lowest BCUT2D eigenvalue weighted by Gasteiger charge is -2.13. The number of aliphatic imine (C=N–C) groups is 1. The number of benzene rings is 1. The van der Waals surface area contributed by atoms with Crippen LogP contribution in [0.2, 0.25) is 0 Å². The van der Waals surface area contributed by atoms with Crippen LogP contribution in [0.5, 0.6) is 0 Å². The molecule has 1 aromatic rings. The summed E-state index contributed by atoms with van der Waals surface area (Å²) in [7, 11) is 1.65. The van der Waals surface area contributed by atoms with E-state index in [0.717, 1.165) is 46.5 Å². The third-order valence-corrected chi connectivity index (χ3v) is 4.26. The zero-order chi connectivity index (χ0) is 21.1. The Labute approximate surface area is 169 Å². The average molecular weight is 381 g/mol. The Bertz CT molecular complexity index is 827. The summed E-state index contributed by atoms with van der Waals surface area (Å²) in [5.41, 5.74) is 6.89. The van der Waals surface area contributed by atoms with Crippen LogP contribution >= 0.6 is 0 Å². The lowest BCUT2D eigenvalue weighted by atomic mass is 9.96. The van der Waals surface area contributed by atoms with Gasteiger partial charge in [0.1, 0.15) is 0 Å². The molecule has 4 nitrogen and oxygen atoms in total. The Kier molecular flexibility index (Phi) is 9.72. The van der Waals surface area contributed by atoms with Crippen LogP contribution in [0, 0.1) is 6.92 Å². The lowest BCUT2D eigenvalue weighted by Crippen LogP contribution is -2.01. The molecule has 0 atom stereocenters. The van der Waals surface area contributed by atoms with E-state index in [1.54, 1.807) is 13.3 Å². The highest BCUT2D eigenvalue weighted by Gasteiger charge is 2.08. The zero-order valence-corrected chi connectivity index (χ0v) is 17.7. The molecule has 0 spiro atoms. The Morgan fingerprint density at radius 1 is 1.36 bits per heavy atom. The van der Waals surface area contributed by atoms with Gasteiger partial charge in [-0.3, -0.25) is 9.79 Å². The standard InChI is InChI=1S/C24H32N2O2/c1-7-9-19(5)26-22-11-12-23(18(4)14-22)20(10-8-2)13-17(3)21(16-25-6)15-24(27)28/h8,10-14,16,26H,5,7,9,15H2,1-4,6H3,(H,27,28)/b10-8-,20-13+,21-17+,25-16?. The monoisotopic (exact) mass is 380 g/mol. The number of carboxylic acids is 1. The van der Waals surface area contributed by atoms with Gasteiger partial charge >= 0.3 is 5.97 Å². The minimum Gasteiger partial charge on any atom is -0.481 e. The summed E-state index contributed by atoms with van der Waals surface area (Å²) in [6.07, 6.45) is 9.61. The Morgan fingerprint density at radius 3 is 2.61 bits per heavy atom. The van der Waals surface area contributed by atoms with E-state index in [-0.39, 0.29) is 6.42 Å². The van der Waals surface area contributed by atoms with Crippen molar-refractivity contribution in [2.24, 2.45) is 4.99 Å². The van der Waals surface area contributed by atoms with Gasteiger partial charge in [0.15, 0.2) is 0 Å². The summed E-state index contributed by atoms with van der Waals surface area (Å²) >= 11 is 0. The van der Waals surface area contributed by atoms with Gasteiger partial charge in [0.25, 0.3) is 0 Å². The summed E-state index contributed by atoms with van der Waals surface area (Å²) in [5, 5.41) is 12.5. The summed E-state index contributed by atoms with van der Waals surface area (Å²) in [6.45, 7) is 12.2. The van der Waals surface area contributed by atoms with Crippen LogP contribution in [0.3, 0.4) is 0 Å². The van der Waals surface area contributed by atoms with Crippen molar-refractivity contribution in [3.05, 3.63) is 71.0 Å². The van der Waals surface area contributed by atoms with Crippen LogP contribution in [-0.4, -0.2) is 24.3 Å². The fourth-order valence-corrected chi connectivity index (χ4v) is 2.96. The maximum atomic E-state index is 11.2. The summed E-state index contributed by atoms with van der Waals surface area (Å²) in [4.78, 5) is 15.2. The van der Waals surface area contributed by atoms with Gasteiger partial charge < -0.3 is 10.4 Å². The van der Waals surface area contributed by atoms with Gasteiger partial charge in [-0.05, 0) is 67.2 Å². The topological polar surface area (TPSA) is 61.7 Å². The predicted octanol–water partition coefficient (Wildman–Crippen LogP) is 6.17. The van der Waals surface area contributed by atoms with Crippen LogP contribution in [0.1, 0.15) is 51.2 Å².